The number of methoxy groups -OCH3 is 1. The Kier molecular flexibility index (Phi) is 3.39. The van der Waals surface area contributed by atoms with E-state index in [4.69, 9.17) is 5.73 Å². The Morgan fingerprint density at radius 1 is 1.40 bits per heavy atom. The highest BCUT2D eigenvalue weighted by Crippen LogP contribution is 2.34. The second kappa shape index (κ2) is 4.87. The van der Waals surface area contributed by atoms with Crippen LogP contribution in [0.15, 0.2) is 28.8 Å². The zero-order valence-corrected chi connectivity index (χ0v) is 10.2. The SMILES string of the molecule is COC(=O)c1c(-c2cccc(C(F)(F)F)c2)noc1N. The Bertz CT molecular complexity index is 650. The summed E-state index contributed by atoms with van der Waals surface area (Å²) in [6.45, 7) is 0. The molecule has 1 heterocycles. The normalized spacial score (nSPS) is 11.4. The molecule has 2 N–H and O–H groups in total. The zero-order chi connectivity index (χ0) is 14.9. The van der Waals surface area contributed by atoms with E-state index in [1.165, 1.54) is 12.1 Å². The van der Waals surface area contributed by atoms with Crippen LogP contribution >= 0.6 is 0 Å². The number of hydrogen-bond donors (Lipinski definition) is 1. The van der Waals surface area contributed by atoms with Crippen LogP contribution in [0, 0.1) is 0 Å². The van der Waals surface area contributed by atoms with Gasteiger partial charge in [-0.1, -0.05) is 17.3 Å². The van der Waals surface area contributed by atoms with Crippen LogP contribution in [0.25, 0.3) is 11.3 Å². The predicted octanol–water partition coefficient (Wildman–Crippen LogP) is 2.73. The fourth-order valence-corrected chi connectivity index (χ4v) is 1.64. The van der Waals surface area contributed by atoms with E-state index in [9.17, 15) is 18.0 Å². The number of halogens is 3. The summed E-state index contributed by atoms with van der Waals surface area (Å²) < 4.78 is 47.1. The first-order chi connectivity index (χ1) is 9.34. The molecule has 0 bridgehead atoms. The standard InChI is InChI=1S/C12H9F3N2O3/c1-19-11(18)8-9(17-20-10(8)16)6-3-2-4-7(5-6)12(13,14)15/h2-5H,16H2,1H3. The van der Waals surface area contributed by atoms with Gasteiger partial charge in [0.15, 0.2) is 5.56 Å². The number of hydrogen-bond acceptors (Lipinski definition) is 5. The number of ether oxygens (including phenoxy) is 1. The molecule has 0 fully saturated rings. The number of anilines is 1. The molecule has 0 aliphatic heterocycles. The van der Waals surface area contributed by atoms with E-state index >= 15 is 0 Å². The number of nitrogens with zero attached hydrogens (tertiary/aromatic N) is 1. The van der Waals surface area contributed by atoms with Crippen LogP contribution in [0.2, 0.25) is 0 Å². The lowest BCUT2D eigenvalue weighted by molar-refractivity contribution is -0.137. The number of nitrogens with two attached hydrogens (primary N) is 1. The van der Waals surface area contributed by atoms with Gasteiger partial charge in [-0.3, -0.25) is 0 Å². The molecule has 5 nitrogen and oxygen atoms in total. The van der Waals surface area contributed by atoms with E-state index in [0.717, 1.165) is 19.2 Å². The van der Waals surface area contributed by atoms with E-state index in [0.29, 0.717) is 0 Å². The van der Waals surface area contributed by atoms with Crippen molar-refractivity contribution in [2.24, 2.45) is 0 Å². The molecule has 0 aliphatic rings. The minimum atomic E-state index is -4.50. The number of esters is 1. The van der Waals surface area contributed by atoms with E-state index in [1.54, 1.807) is 0 Å². The van der Waals surface area contributed by atoms with E-state index in [-0.39, 0.29) is 22.7 Å². The topological polar surface area (TPSA) is 78.3 Å². The first kappa shape index (κ1) is 13.9. The zero-order valence-electron chi connectivity index (χ0n) is 10.2. The first-order valence-corrected chi connectivity index (χ1v) is 5.35. The molecule has 0 aliphatic carbocycles. The van der Waals surface area contributed by atoms with Gasteiger partial charge < -0.3 is 15.0 Å². The average Bonchev–Trinajstić information content (AvgIpc) is 2.79. The Morgan fingerprint density at radius 3 is 2.70 bits per heavy atom. The van der Waals surface area contributed by atoms with Crippen molar-refractivity contribution in [3.63, 3.8) is 0 Å². The number of aromatic nitrogens is 1. The fraction of sp³-hybridized carbons (Fsp3) is 0.167. The molecule has 0 amide bonds. The molecule has 2 aromatic rings. The lowest BCUT2D eigenvalue weighted by Crippen LogP contribution is -2.06. The minimum absolute atomic E-state index is 0.0562. The summed E-state index contributed by atoms with van der Waals surface area (Å²) in [6, 6.07) is 4.32. The number of nitrogen functional groups attached to an aromatic ring is 1. The van der Waals surface area contributed by atoms with Crippen molar-refractivity contribution in [1.82, 2.24) is 5.16 Å². The van der Waals surface area contributed by atoms with Crippen LogP contribution in [-0.4, -0.2) is 18.2 Å². The van der Waals surface area contributed by atoms with Crippen LogP contribution in [0.3, 0.4) is 0 Å². The lowest BCUT2D eigenvalue weighted by atomic mass is 10.0. The number of benzene rings is 1. The van der Waals surface area contributed by atoms with Crippen LogP contribution in [0.1, 0.15) is 15.9 Å². The highest BCUT2D eigenvalue weighted by atomic mass is 19.4. The van der Waals surface area contributed by atoms with Crippen molar-refractivity contribution in [3.8, 4) is 11.3 Å². The summed E-state index contributed by atoms with van der Waals surface area (Å²) in [5.41, 5.74) is 4.32. The third-order valence-corrected chi connectivity index (χ3v) is 2.57. The summed E-state index contributed by atoms with van der Waals surface area (Å²) in [5.74, 6) is -1.15. The minimum Gasteiger partial charge on any atom is -0.465 e. The van der Waals surface area contributed by atoms with Crippen LogP contribution < -0.4 is 5.73 Å². The monoisotopic (exact) mass is 286 g/mol. The van der Waals surface area contributed by atoms with Gasteiger partial charge in [-0.25, -0.2) is 4.79 Å². The van der Waals surface area contributed by atoms with Gasteiger partial charge in [-0.2, -0.15) is 13.2 Å². The van der Waals surface area contributed by atoms with Crippen molar-refractivity contribution in [1.29, 1.82) is 0 Å². The van der Waals surface area contributed by atoms with Crippen molar-refractivity contribution in [2.45, 2.75) is 6.18 Å². The van der Waals surface area contributed by atoms with Crippen molar-refractivity contribution in [2.75, 3.05) is 12.8 Å². The summed E-state index contributed by atoms with van der Waals surface area (Å²) in [5, 5.41) is 3.51. The summed E-state index contributed by atoms with van der Waals surface area (Å²) in [4.78, 5) is 11.5. The molecule has 8 heteroatoms. The van der Waals surface area contributed by atoms with Gasteiger partial charge >= 0.3 is 12.1 Å². The molecule has 0 saturated carbocycles. The number of rotatable bonds is 2. The number of alkyl halides is 3. The largest absolute Gasteiger partial charge is 0.465 e. The van der Waals surface area contributed by atoms with Gasteiger partial charge in [0.25, 0.3) is 0 Å². The molecule has 20 heavy (non-hydrogen) atoms. The van der Waals surface area contributed by atoms with Gasteiger partial charge in [-0.05, 0) is 12.1 Å². The lowest BCUT2D eigenvalue weighted by Gasteiger charge is -2.07. The second-order valence-electron chi connectivity index (χ2n) is 3.84. The van der Waals surface area contributed by atoms with Crippen molar-refractivity contribution < 1.29 is 27.2 Å². The van der Waals surface area contributed by atoms with Gasteiger partial charge in [0.05, 0.1) is 12.7 Å². The maximum absolute atomic E-state index is 12.7. The molecule has 1 aromatic carbocycles. The molecule has 0 spiro atoms. The molecule has 0 unspecified atom stereocenters. The maximum atomic E-state index is 12.7. The fourth-order valence-electron chi connectivity index (χ4n) is 1.64. The summed E-state index contributed by atoms with van der Waals surface area (Å²) in [7, 11) is 1.12. The maximum Gasteiger partial charge on any atom is 0.416 e. The second-order valence-corrected chi connectivity index (χ2v) is 3.84. The van der Waals surface area contributed by atoms with Gasteiger partial charge in [0, 0.05) is 5.56 Å². The Morgan fingerprint density at radius 2 is 2.10 bits per heavy atom. The van der Waals surface area contributed by atoms with Gasteiger partial charge in [0.2, 0.25) is 5.88 Å². The van der Waals surface area contributed by atoms with E-state index in [1.807, 2.05) is 0 Å². The molecular formula is C12H9F3N2O3. The third kappa shape index (κ3) is 2.44. The van der Waals surface area contributed by atoms with Gasteiger partial charge in [-0.15, -0.1) is 0 Å². The Labute approximate surface area is 111 Å². The third-order valence-electron chi connectivity index (χ3n) is 2.57. The molecule has 0 saturated heterocycles. The number of carbonyl (C=O) groups is 1. The molecule has 2 rings (SSSR count). The number of carbonyl (C=O) groups excluding carboxylic acids is 1. The Balaban J connectivity index is 2.56. The molecule has 0 atom stereocenters. The smallest absolute Gasteiger partial charge is 0.416 e. The summed E-state index contributed by atoms with van der Waals surface area (Å²) in [6.07, 6.45) is -4.50. The van der Waals surface area contributed by atoms with Crippen LogP contribution in [0.4, 0.5) is 19.1 Å². The highest BCUT2D eigenvalue weighted by molar-refractivity contribution is 6.00. The molecular weight excluding hydrogens is 277 g/mol. The van der Waals surface area contributed by atoms with Gasteiger partial charge in [0.1, 0.15) is 5.69 Å². The Hall–Kier alpha value is -2.51. The average molecular weight is 286 g/mol. The van der Waals surface area contributed by atoms with E-state index in [2.05, 4.69) is 14.4 Å². The molecule has 0 radical (unpaired) electrons. The predicted molar refractivity (Wildman–Crippen MR) is 62.7 cm³/mol. The summed E-state index contributed by atoms with van der Waals surface area (Å²) >= 11 is 0. The van der Waals surface area contributed by atoms with Crippen LogP contribution in [0.5, 0.6) is 0 Å². The van der Waals surface area contributed by atoms with Crippen molar-refractivity contribution >= 4 is 11.9 Å². The quantitative estimate of drug-likeness (QED) is 0.859. The molecule has 1 aromatic heterocycles. The van der Waals surface area contributed by atoms with Crippen molar-refractivity contribution in [3.05, 3.63) is 35.4 Å². The molecule has 106 valence electrons. The highest BCUT2D eigenvalue weighted by Gasteiger charge is 2.31. The van der Waals surface area contributed by atoms with Crippen LogP contribution in [-0.2, 0) is 10.9 Å². The first-order valence-electron chi connectivity index (χ1n) is 5.35. The van der Waals surface area contributed by atoms with E-state index < -0.39 is 17.7 Å².